The minimum atomic E-state index is 0.894. The van der Waals surface area contributed by atoms with Gasteiger partial charge < -0.3 is 9.73 Å². The zero-order valence-electron chi connectivity index (χ0n) is 15.1. The van der Waals surface area contributed by atoms with Crippen molar-refractivity contribution in [2.24, 2.45) is 0 Å². The van der Waals surface area contributed by atoms with Crippen LogP contribution >= 0.6 is 0 Å². The van der Waals surface area contributed by atoms with Gasteiger partial charge in [0.25, 0.3) is 0 Å². The minimum absolute atomic E-state index is 0.894. The lowest BCUT2D eigenvalue weighted by Crippen LogP contribution is -1.94. The van der Waals surface area contributed by atoms with Gasteiger partial charge in [0.2, 0.25) is 0 Å². The summed E-state index contributed by atoms with van der Waals surface area (Å²) in [5, 5.41) is 5.84. The van der Waals surface area contributed by atoms with Gasteiger partial charge in [0.15, 0.2) is 5.58 Å². The molecule has 0 fully saturated rings. The van der Waals surface area contributed by atoms with Crippen molar-refractivity contribution in [2.75, 3.05) is 5.32 Å². The number of fused-ring (bicyclic) bond motifs is 3. The normalized spacial score (nSPS) is 11.1. The monoisotopic (exact) mass is 349 g/mol. The molecule has 5 rings (SSSR count). The van der Waals surface area contributed by atoms with Crippen LogP contribution in [0.2, 0.25) is 0 Å². The van der Waals surface area contributed by atoms with Crippen molar-refractivity contribution in [2.45, 2.75) is 6.92 Å². The van der Waals surface area contributed by atoms with E-state index in [0.29, 0.717) is 0 Å². The lowest BCUT2D eigenvalue weighted by Gasteiger charge is -2.12. The number of nitrogens with one attached hydrogen (secondary N) is 1. The number of rotatable bonds is 3. The zero-order chi connectivity index (χ0) is 18.2. The molecule has 0 bridgehead atoms. The van der Waals surface area contributed by atoms with E-state index in [4.69, 9.17) is 4.42 Å². The SMILES string of the molecule is Cc1cc(-c2ccccc2)ccc1Nc1cccc2c1oc1ccccc12. The van der Waals surface area contributed by atoms with Crippen molar-refractivity contribution in [3.05, 3.63) is 96.6 Å². The molecule has 0 aliphatic carbocycles. The third kappa shape index (κ3) is 2.76. The molecule has 27 heavy (non-hydrogen) atoms. The summed E-state index contributed by atoms with van der Waals surface area (Å²) in [6, 6.07) is 31.4. The zero-order valence-corrected chi connectivity index (χ0v) is 15.1. The van der Waals surface area contributed by atoms with E-state index in [1.165, 1.54) is 16.7 Å². The maximum absolute atomic E-state index is 6.13. The van der Waals surface area contributed by atoms with Crippen LogP contribution in [0.4, 0.5) is 11.4 Å². The molecule has 0 amide bonds. The van der Waals surface area contributed by atoms with Crippen molar-refractivity contribution in [3.63, 3.8) is 0 Å². The molecule has 0 aliphatic heterocycles. The van der Waals surface area contributed by atoms with E-state index in [1.807, 2.05) is 24.3 Å². The maximum Gasteiger partial charge on any atom is 0.158 e. The second-order valence-corrected chi connectivity index (χ2v) is 6.80. The average molecular weight is 349 g/mol. The highest BCUT2D eigenvalue weighted by atomic mass is 16.3. The van der Waals surface area contributed by atoms with Gasteiger partial charge in [-0.1, -0.05) is 66.7 Å². The van der Waals surface area contributed by atoms with E-state index in [2.05, 4.69) is 79.0 Å². The molecule has 1 aromatic heterocycles. The molecule has 0 aliphatic rings. The Labute approximate surface area is 158 Å². The molecular formula is C25H19NO. The molecule has 0 saturated heterocycles. The molecule has 0 atom stereocenters. The highest BCUT2D eigenvalue weighted by Gasteiger charge is 2.11. The fraction of sp³-hybridized carbons (Fsp3) is 0.0400. The van der Waals surface area contributed by atoms with Gasteiger partial charge in [-0.2, -0.15) is 0 Å². The van der Waals surface area contributed by atoms with Crippen molar-refractivity contribution < 1.29 is 4.42 Å². The summed E-state index contributed by atoms with van der Waals surface area (Å²) < 4.78 is 6.13. The quantitative estimate of drug-likeness (QED) is 0.369. The Morgan fingerprint density at radius 2 is 1.41 bits per heavy atom. The van der Waals surface area contributed by atoms with Crippen molar-refractivity contribution in [1.29, 1.82) is 0 Å². The summed E-state index contributed by atoms with van der Waals surface area (Å²) in [6.07, 6.45) is 0. The van der Waals surface area contributed by atoms with E-state index in [0.717, 1.165) is 33.3 Å². The first kappa shape index (κ1) is 15.7. The van der Waals surface area contributed by atoms with E-state index in [-0.39, 0.29) is 0 Å². The summed E-state index contributed by atoms with van der Waals surface area (Å²) >= 11 is 0. The van der Waals surface area contributed by atoms with Gasteiger partial charge in [-0.25, -0.2) is 0 Å². The molecule has 0 saturated carbocycles. The third-order valence-electron chi connectivity index (χ3n) is 5.01. The molecule has 2 nitrogen and oxygen atoms in total. The van der Waals surface area contributed by atoms with Crippen LogP contribution in [0.3, 0.4) is 0 Å². The molecule has 0 unspecified atom stereocenters. The maximum atomic E-state index is 6.13. The van der Waals surface area contributed by atoms with E-state index < -0.39 is 0 Å². The second kappa shape index (κ2) is 6.33. The number of furan rings is 1. The predicted molar refractivity (Wildman–Crippen MR) is 114 cm³/mol. The summed E-state index contributed by atoms with van der Waals surface area (Å²) in [4.78, 5) is 0. The van der Waals surface area contributed by atoms with E-state index in [1.54, 1.807) is 0 Å². The van der Waals surface area contributed by atoms with Crippen LogP contribution in [0.25, 0.3) is 33.1 Å². The van der Waals surface area contributed by atoms with Gasteiger partial charge in [0.05, 0.1) is 5.69 Å². The summed E-state index contributed by atoms with van der Waals surface area (Å²) in [5.41, 5.74) is 7.53. The van der Waals surface area contributed by atoms with Gasteiger partial charge in [-0.15, -0.1) is 0 Å². The summed E-state index contributed by atoms with van der Waals surface area (Å²) in [6.45, 7) is 2.13. The Bertz CT molecular complexity index is 1250. The van der Waals surface area contributed by atoms with Gasteiger partial charge in [-0.3, -0.25) is 0 Å². The lowest BCUT2D eigenvalue weighted by molar-refractivity contribution is 0.670. The van der Waals surface area contributed by atoms with Crippen molar-refractivity contribution in [1.82, 2.24) is 0 Å². The predicted octanol–water partition coefficient (Wildman–Crippen LogP) is 7.31. The number of aryl methyl sites for hydroxylation is 1. The minimum Gasteiger partial charge on any atom is -0.454 e. The lowest BCUT2D eigenvalue weighted by atomic mass is 10.0. The first-order chi connectivity index (χ1) is 13.3. The Hall–Kier alpha value is -3.52. The topological polar surface area (TPSA) is 25.2 Å². The number of hydrogen-bond acceptors (Lipinski definition) is 2. The van der Waals surface area contributed by atoms with Gasteiger partial charge in [-0.05, 0) is 47.9 Å². The fourth-order valence-electron chi connectivity index (χ4n) is 3.60. The fourth-order valence-corrected chi connectivity index (χ4v) is 3.60. The van der Waals surface area contributed by atoms with Crippen molar-refractivity contribution in [3.8, 4) is 11.1 Å². The van der Waals surface area contributed by atoms with Crippen LogP contribution in [0.1, 0.15) is 5.56 Å². The molecule has 2 heteroatoms. The van der Waals surface area contributed by atoms with Crippen LogP contribution in [0, 0.1) is 6.92 Å². The van der Waals surface area contributed by atoms with Gasteiger partial charge >= 0.3 is 0 Å². The Kier molecular flexibility index (Phi) is 3.68. The Morgan fingerprint density at radius 1 is 0.630 bits per heavy atom. The molecule has 1 N–H and O–H groups in total. The van der Waals surface area contributed by atoms with Crippen LogP contribution in [0.15, 0.2) is 95.4 Å². The van der Waals surface area contributed by atoms with Crippen LogP contribution in [0.5, 0.6) is 0 Å². The van der Waals surface area contributed by atoms with Crippen LogP contribution in [-0.2, 0) is 0 Å². The molecular weight excluding hydrogens is 330 g/mol. The Morgan fingerprint density at radius 3 is 2.26 bits per heavy atom. The summed E-state index contributed by atoms with van der Waals surface area (Å²) in [7, 11) is 0. The Balaban J connectivity index is 1.56. The van der Waals surface area contributed by atoms with Crippen LogP contribution < -0.4 is 5.32 Å². The largest absolute Gasteiger partial charge is 0.454 e. The van der Waals surface area contributed by atoms with E-state index >= 15 is 0 Å². The number of anilines is 2. The molecule has 130 valence electrons. The standard InChI is InChI=1S/C25H19NO/c1-17-16-19(18-8-3-2-4-9-18)14-15-22(17)26-23-12-7-11-21-20-10-5-6-13-24(20)27-25(21)23/h2-16,26H,1H3. The third-order valence-corrected chi connectivity index (χ3v) is 5.01. The van der Waals surface area contributed by atoms with Crippen molar-refractivity contribution >= 4 is 33.3 Å². The molecule has 5 aromatic rings. The van der Waals surface area contributed by atoms with E-state index in [9.17, 15) is 0 Å². The molecule has 0 spiro atoms. The number of hydrogen-bond donors (Lipinski definition) is 1. The first-order valence-electron chi connectivity index (χ1n) is 9.13. The van der Waals surface area contributed by atoms with Crippen LogP contribution in [-0.4, -0.2) is 0 Å². The highest BCUT2D eigenvalue weighted by molar-refractivity contribution is 6.09. The molecule has 0 radical (unpaired) electrons. The second-order valence-electron chi connectivity index (χ2n) is 6.80. The van der Waals surface area contributed by atoms with Gasteiger partial charge in [0, 0.05) is 16.5 Å². The molecule has 4 aromatic carbocycles. The number of para-hydroxylation sites is 2. The first-order valence-corrected chi connectivity index (χ1v) is 9.13. The highest BCUT2D eigenvalue weighted by Crippen LogP contribution is 2.35. The molecule has 1 heterocycles. The number of benzene rings is 4. The van der Waals surface area contributed by atoms with Gasteiger partial charge in [0.1, 0.15) is 5.58 Å². The summed E-state index contributed by atoms with van der Waals surface area (Å²) in [5.74, 6) is 0. The smallest absolute Gasteiger partial charge is 0.158 e. The average Bonchev–Trinajstić information content (AvgIpc) is 3.10.